The van der Waals surface area contributed by atoms with Gasteiger partial charge in [0.05, 0.1) is 18.2 Å². The Bertz CT molecular complexity index is 811. The number of H-pyrrole nitrogens is 1. The van der Waals surface area contributed by atoms with Gasteiger partial charge in [-0.2, -0.15) is 18.7 Å². The molecular weight excluding hydrogens is 345 g/mol. The molecule has 0 aliphatic carbocycles. The van der Waals surface area contributed by atoms with Crippen LogP contribution in [0.5, 0.6) is 0 Å². The minimum absolute atomic E-state index is 0.0231. The lowest BCUT2D eigenvalue weighted by Gasteiger charge is -2.17. The van der Waals surface area contributed by atoms with Crippen molar-refractivity contribution < 1.29 is 18.0 Å². The van der Waals surface area contributed by atoms with Crippen LogP contribution in [0.2, 0.25) is 0 Å². The van der Waals surface area contributed by atoms with Crippen molar-refractivity contribution in [2.75, 3.05) is 6.61 Å². The van der Waals surface area contributed by atoms with Crippen molar-refractivity contribution >= 4 is 0 Å². The first-order valence-corrected chi connectivity index (χ1v) is 8.34. The maximum absolute atomic E-state index is 12.5. The van der Waals surface area contributed by atoms with Crippen molar-refractivity contribution in [3.05, 3.63) is 68.1 Å². The highest BCUT2D eigenvalue weighted by Crippen LogP contribution is 2.29. The largest absolute Gasteiger partial charge is 0.416 e. The number of pyridine rings is 1. The molecule has 26 heavy (non-hydrogen) atoms. The molecule has 0 fully saturated rings. The average molecular weight is 368 g/mol. The SMILES string of the molecule is Cc1[nH]c(C)c(C(C)NOCCc2ccc(C(F)(F)F)cc2)c(=O)c1C. The number of aryl methyl sites for hydroxylation is 2. The average Bonchev–Trinajstić information content (AvgIpc) is 2.56. The molecule has 0 aliphatic heterocycles. The maximum atomic E-state index is 12.5. The zero-order valence-electron chi connectivity index (χ0n) is 15.3. The van der Waals surface area contributed by atoms with Gasteiger partial charge in [-0.3, -0.25) is 4.79 Å². The van der Waals surface area contributed by atoms with Crippen molar-refractivity contribution in [1.29, 1.82) is 0 Å². The van der Waals surface area contributed by atoms with Gasteiger partial charge in [0.1, 0.15) is 0 Å². The quantitative estimate of drug-likeness (QED) is 0.595. The van der Waals surface area contributed by atoms with Gasteiger partial charge in [0, 0.05) is 22.5 Å². The molecule has 0 amide bonds. The van der Waals surface area contributed by atoms with E-state index in [9.17, 15) is 18.0 Å². The first-order chi connectivity index (χ1) is 12.1. The van der Waals surface area contributed by atoms with Gasteiger partial charge in [-0.25, -0.2) is 0 Å². The summed E-state index contributed by atoms with van der Waals surface area (Å²) in [5, 5.41) is 0. The first-order valence-electron chi connectivity index (χ1n) is 8.34. The molecule has 4 nitrogen and oxygen atoms in total. The van der Waals surface area contributed by atoms with Gasteiger partial charge in [-0.1, -0.05) is 12.1 Å². The van der Waals surface area contributed by atoms with E-state index >= 15 is 0 Å². The Morgan fingerprint density at radius 3 is 2.31 bits per heavy atom. The zero-order valence-corrected chi connectivity index (χ0v) is 15.3. The lowest BCUT2D eigenvalue weighted by atomic mass is 10.0. The molecule has 1 aromatic carbocycles. The van der Waals surface area contributed by atoms with Crippen LogP contribution in [-0.2, 0) is 17.4 Å². The molecule has 0 saturated heterocycles. The fourth-order valence-electron chi connectivity index (χ4n) is 2.78. The lowest BCUT2D eigenvalue weighted by Crippen LogP contribution is -2.28. The highest BCUT2D eigenvalue weighted by Gasteiger charge is 2.29. The summed E-state index contributed by atoms with van der Waals surface area (Å²) in [6.45, 7) is 7.56. The molecule has 0 radical (unpaired) electrons. The molecule has 142 valence electrons. The predicted octanol–water partition coefficient (Wildman–Crippen LogP) is 4.14. The summed E-state index contributed by atoms with van der Waals surface area (Å²) in [5.74, 6) is 0. The summed E-state index contributed by atoms with van der Waals surface area (Å²) < 4.78 is 37.6. The number of halogens is 3. The highest BCUT2D eigenvalue weighted by molar-refractivity contribution is 5.30. The summed E-state index contributed by atoms with van der Waals surface area (Å²) in [4.78, 5) is 21.0. The van der Waals surface area contributed by atoms with Crippen LogP contribution >= 0.6 is 0 Å². The van der Waals surface area contributed by atoms with E-state index in [0.717, 1.165) is 29.1 Å². The van der Waals surface area contributed by atoms with Crippen molar-refractivity contribution in [3.63, 3.8) is 0 Å². The Labute approximate surface area is 150 Å². The van der Waals surface area contributed by atoms with Crippen LogP contribution in [0.4, 0.5) is 13.2 Å². The molecule has 2 aromatic rings. The number of hydroxylamine groups is 1. The predicted molar refractivity (Wildman–Crippen MR) is 93.9 cm³/mol. The molecule has 7 heteroatoms. The van der Waals surface area contributed by atoms with Gasteiger partial charge in [-0.05, 0) is 51.8 Å². The number of rotatable bonds is 6. The number of aromatic nitrogens is 1. The molecule has 0 saturated carbocycles. The van der Waals surface area contributed by atoms with Crippen LogP contribution in [0.1, 0.15) is 46.6 Å². The number of aromatic amines is 1. The third-order valence-corrected chi connectivity index (χ3v) is 4.39. The second-order valence-corrected chi connectivity index (χ2v) is 6.38. The molecule has 1 unspecified atom stereocenters. The lowest BCUT2D eigenvalue weighted by molar-refractivity contribution is -0.137. The summed E-state index contributed by atoms with van der Waals surface area (Å²) in [7, 11) is 0. The van der Waals surface area contributed by atoms with Crippen molar-refractivity contribution in [3.8, 4) is 0 Å². The van der Waals surface area contributed by atoms with Crippen LogP contribution in [-0.4, -0.2) is 11.6 Å². The van der Waals surface area contributed by atoms with Crippen molar-refractivity contribution in [1.82, 2.24) is 10.5 Å². The van der Waals surface area contributed by atoms with Crippen LogP contribution in [0.25, 0.3) is 0 Å². The topological polar surface area (TPSA) is 54.1 Å². The fraction of sp³-hybridized carbons (Fsp3) is 0.421. The molecular formula is C19H23F3N2O2. The third-order valence-electron chi connectivity index (χ3n) is 4.39. The van der Waals surface area contributed by atoms with Gasteiger partial charge in [0.15, 0.2) is 5.43 Å². The molecule has 2 N–H and O–H groups in total. The number of alkyl halides is 3. The molecule has 0 spiro atoms. The second kappa shape index (κ2) is 8.05. The van der Waals surface area contributed by atoms with Gasteiger partial charge < -0.3 is 9.82 Å². The Balaban J connectivity index is 1.91. The van der Waals surface area contributed by atoms with E-state index in [-0.39, 0.29) is 18.1 Å². The molecule has 0 bridgehead atoms. The number of hydrogen-bond acceptors (Lipinski definition) is 3. The monoisotopic (exact) mass is 368 g/mol. The number of nitrogens with one attached hydrogen (secondary N) is 2. The minimum atomic E-state index is -4.33. The Kier molecular flexibility index (Phi) is 6.26. The van der Waals surface area contributed by atoms with E-state index in [1.54, 1.807) is 6.92 Å². The number of benzene rings is 1. The summed E-state index contributed by atoms with van der Waals surface area (Å²) in [5.41, 5.74) is 5.79. The Morgan fingerprint density at radius 2 is 1.73 bits per heavy atom. The molecule has 2 rings (SSSR count). The van der Waals surface area contributed by atoms with E-state index in [2.05, 4.69) is 10.5 Å². The van der Waals surface area contributed by atoms with E-state index in [4.69, 9.17) is 4.84 Å². The first kappa shape index (κ1) is 20.2. The third kappa shape index (κ3) is 4.74. The van der Waals surface area contributed by atoms with Crippen molar-refractivity contribution in [2.45, 2.75) is 46.3 Å². The summed E-state index contributed by atoms with van der Waals surface area (Å²) >= 11 is 0. The van der Waals surface area contributed by atoms with E-state index in [1.165, 1.54) is 12.1 Å². The van der Waals surface area contributed by atoms with Gasteiger partial charge in [0.2, 0.25) is 0 Å². The maximum Gasteiger partial charge on any atom is 0.416 e. The fourth-order valence-corrected chi connectivity index (χ4v) is 2.78. The zero-order chi connectivity index (χ0) is 19.5. The van der Waals surface area contributed by atoms with Gasteiger partial charge in [-0.15, -0.1) is 0 Å². The minimum Gasteiger partial charge on any atom is -0.362 e. The van der Waals surface area contributed by atoms with E-state index in [0.29, 0.717) is 17.5 Å². The normalized spacial score (nSPS) is 13.0. The van der Waals surface area contributed by atoms with Crippen LogP contribution in [0.3, 0.4) is 0 Å². The Hall–Kier alpha value is -2.12. The molecule has 0 aliphatic rings. The molecule has 1 heterocycles. The smallest absolute Gasteiger partial charge is 0.362 e. The van der Waals surface area contributed by atoms with Crippen LogP contribution in [0.15, 0.2) is 29.1 Å². The molecule has 1 atom stereocenters. The van der Waals surface area contributed by atoms with Crippen LogP contribution in [0, 0.1) is 20.8 Å². The van der Waals surface area contributed by atoms with E-state index in [1.807, 2.05) is 20.8 Å². The molecule has 1 aromatic heterocycles. The van der Waals surface area contributed by atoms with Gasteiger partial charge >= 0.3 is 6.18 Å². The van der Waals surface area contributed by atoms with E-state index < -0.39 is 11.7 Å². The standard InChI is InChI=1S/C19H23F3N2O2/c1-11-12(2)23-13(3)17(18(11)25)14(4)24-26-10-9-15-5-7-16(8-6-15)19(20,21)22/h5-8,14,24H,9-10H2,1-4H3,(H,23,25). The van der Waals surface area contributed by atoms with Crippen LogP contribution < -0.4 is 10.9 Å². The second-order valence-electron chi connectivity index (χ2n) is 6.38. The summed E-state index contributed by atoms with van der Waals surface area (Å²) in [6, 6.07) is 4.68. The Morgan fingerprint density at radius 1 is 1.12 bits per heavy atom. The van der Waals surface area contributed by atoms with Crippen molar-refractivity contribution in [2.24, 2.45) is 0 Å². The van der Waals surface area contributed by atoms with Gasteiger partial charge in [0.25, 0.3) is 0 Å². The highest BCUT2D eigenvalue weighted by atomic mass is 19.4. The summed E-state index contributed by atoms with van der Waals surface area (Å²) in [6.07, 6.45) is -3.87. The number of hydrogen-bond donors (Lipinski definition) is 2.